The highest BCUT2D eigenvalue weighted by Gasteiger charge is 2.32. The zero-order valence-electron chi connectivity index (χ0n) is 14.5. The first-order valence-corrected chi connectivity index (χ1v) is 10.8. The fourth-order valence-electron chi connectivity index (χ4n) is 3.16. The van der Waals surface area contributed by atoms with E-state index in [0.29, 0.717) is 18.3 Å². The lowest BCUT2D eigenvalue weighted by Crippen LogP contribution is -2.45. The van der Waals surface area contributed by atoms with Crippen molar-refractivity contribution in [2.45, 2.75) is 48.7 Å². The predicted octanol–water partition coefficient (Wildman–Crippen LogP) is 2.58. The van der Waals surface area contributed by atoms with Crippen LogP contribution in [-0.4, -0.2) is 51.9 Å². The van der Waals surface area contributed by atoms with Gasteiger partial charge in [-0.05, 0) is 37.8 Å². The summed E-state index contributed by atoms with van der Waals surface area (Å²) in [5.74, 6) is 1.32. The number of anilines is 1. The van der Waals surface area contributed by atoms with E-state index in [1.165, 1.54) is 35.9 Å². The third-order valence-electron chi connectivity index (χ3n) is 4.69. The molecule has 2 N–H and O–H groups in total. The molecule has 1 saturated heterocycles. The van der Waals surface area contributed by atoms with Crippen LogP contribution in [0.15, 0.2) is 27.2 Å². The number of nitrogens with zero attached hydrogens (tertiary/aromatic N) is 3. The Balaban J connectivity index is 1.15. The minimum Gasteiger partial charge on any atom is -0.467 e. The molecule has 4 rings (SSSR count). The molecule has 1 amide bonds. The van der Waals surface area contributed by atoms with Crippen molar-refractivity contribution in [2.24, 2.45) is 0 Å². The molecule has 1 aliphatic carbocycles. The highest BCUT2D eigenvalue weighted by Crippen LogP contribution is 2.29. The molecule has 0 spiro atoms. The van der Waals surface area contributed by atoms with Crippen molar-refractivity contribution >= 4 is 34.1 Å². The molecule has 9 heteroatoms. The molecule has 3 heterocycles. The number of hydrogen-bond donors (Lipinski definition) is 2. The Labute approximate surface area is 160 Å². The van der Waals surface area contributed by atoms with Gasteiger partial charge >= 0.3 is 0 Å². The van der Waals surface area contributed by atoms with E-state index >= 15 is 0 Å². The monoisotopic (exact) mass is 393 g/mol. The molecule has 140 valence electrons. The lowest BCUT2D eigenvalue weighted by molar-refractivity contribution is -0.119. The van der Waals surface area contributed by atoms with Crippen LogP contribution in [-0.2, 0) is 11.3 Å². The molecule has 0 bridgehead atoms. The summed E-state index contributed by atoms with van der Waals surface area (Å²) in [6.45, 7) is 2.81. The Kier molecular flexibility index (Phi) is 5.76. The van der Waals surface area contributed by atoms with Gasteiger partial charge in [0.2, 0.25) is 11.0 Å². The van der Waals surface area contributed by atoms with E-state index in [1.807, 2.05) is 12.1 Å². The van der Waals surface area contributed by atoms with Crippen LogP contribution in [0.2, 0.25) is 0 Å². The Bertz CT molecular complexity index is 709. The summed E-state index contributed by atoms with van der Waals surface area (Å²) in [6, 6.07) is 4.91. The van der Waals surface area contributed by atoms with Gasteiger partial charge < -0.3 is 20.0 Å². The number of likely N-dealkylation sites (tertiary alicyclic amines) is 1. The molecule has 2 aliphatic rings. The second-order valence-electron chi connectivity index (χ2n) is 6.70. The average molecular weight is 394 g/mol. The lowest BCUT2D eigenvalue weighted by atomic mass is 10.1. The quantitative estimate of drug-likeness (QED) is 0.667. The van der Waals surface area contributed by atoms with Gasteiger partial charge in [0, 0.05) is 25.2 Å². The second kappa shape index (κ2) is 8.41. The van der Waals surface area contributed by atoms with Crippen molar-refractivity contribution in [1.82, 2.24) is 20.4 Å². The number of nitrogens with one attached hydrogen (secondary N) is 2. The molecule has 0 aromatic carbocycles. The van der Waals surface area contributed by atoms with E-state index < -0.39 is 0 Å². The fraction of sp³-hybridized carbons (Fsp3) is 0.588. The normalized spacial score (nSPS) is 18.8. The first-order valence-electron chi connectivity index (χ1n) is 9.02. The molecular formula is C17H23N5O2S2. The average Bonchev–Trinajstić information content (AvgIpc) is 3.18. The van der Waals surface area contributed by atoms with Crippen LogP contribution in [0.25, 0.3) is 0 Å². The molecule has 0 atom stereocenters. The first-order chi connectivity index (χ1) is 12.8. The Hall–Kier alpha value is -1.58. The Morgan fingerprint density at radius 2 is 2.15 bits per heavy atom. The molecule has 0 unspecified atom stereocenters. The van der Waals surface area contributed by atoms with Gasteiger partial charge in [0.1, 0.15) is 5.76 Å². The topological polar surface area (TPSA) is 83.3 Å². The van der Waals surface area contributed by atoms with Gasteiger partial charge in [0.05, 0.1) is 18.6 Å². The van der Waals surface area contributed by atoms with Gasteiger partial charge in [-0.2, -0.15) is 0 Å². The highest BCUT2D eigenvalue weighted by molar-refractivity contribution is 8.01. The molecule has 0 radical (unpaired) electrons. The van der Waals surface area contributed by atoms with Crippen molar-refractivity contribution < 1.29 is 9.21 Å². The Morgan fingerprint density at radius 1 is 1.31 bits per heavy atom. The number of aromatic nitrogens is 2. The van der Waals surface area contributed by atoms with Crippen LogP contribution >= 0.6 is 23.1 Å². The SMILES string of the molecule is O=C(CSc1nnc(NCc2ccco2)s1)NC1CCN(C2CC2)CC1. The zero-order chi connectivity index (χ0) is 17.8. The number of carbonyl (C=O) groups is 1. The summed E-state index contributed by atoms with van der Waals surface area (Å²) in [5, 5.41) is 15.3. The van der Waals surface area contributed by atoms with Crippen molar-refractivity contribution in [3.05, 3.63) is 24.2 Å². The molecular weight excluding hydrogens is 370 g/mol. The van der Waals surface area contributed by atoms with E-state index in [0.717, 1.165) is 47.2 Å². The summed E-state index contributed by atoms with van der Waals surface area (Å²) < 4.78 is 6.07. The van der Waals surface area contributed by atoms with Crippen LogP contribution in [0.4, 0.5) is 5.13 Å². The van der Waals surface area contributed by atoms with Crippen LogP contribution in [0.3, 0.4) is 0 Å². The maximum absolute atomic E-state index is 12.2. The molecule has 1 saturated carbocycles. The van der Waals surface area contributed by atoms with Crippen molar-refractivity contribution in [2.75, 3.05) is 24.2 Å². The molecule has 2 aromatic rings. The van der Waals surface area contributed by atoms with Crippen LogP contribution < -0.4 is 10.6 Å². The number of thioether (sulfide) groups is 1. The van der Waals surface area contributed by atoms with Gasteiger partial charge in [-0.15, -0.1) is 10.2 Å². The van der Waals surface area contributed by atoms with E-state index in [2.05, 4.69) is 25.7 Å². The van der Waals surface area contributed by atoms with Crippen molar-refractivity contribution in [3.8, 4) is 0 Å². The third kappa shape index (κ3) is 4.99. The van der Waals surface area contributed by atoms with Gasteiger partial charge in [-0.3, -0.25) is 4.79 Å². The highest BCUT2D eigenvalue weighted by atomic mass is 32.2. The molecule has 2 fully saturated rings. The molecule has 26 heavy (non-hydrogen) atoms. The van der Waals surface area contributed by atoms with Crippen LogP contribution in [0.5, 0.6) is 0 Å². The van der Waals surface area contributed by atoms with E-state index in [9.17, 15) is 4.79 Å². The van der Waals surface area contributed by atoms with Gasteiger partial charge in [-0.1, -0.05) is 23.1 Å². The smallest absolute Gasteiger partial charge is 0.230 e. The molecule has 2 aromatic heterocycles. The summed E-state index contributed by atoms with van der Waals surface area (Å²) in [4.78, 5) is 14.7. The molecule has 1 aliphatic heterocycles. The van der Waals surface area contributed by atoms with Gasteiger partial charge in [-0.25, -0.2) is 0 Å². The Morgan fingerprint density at radius 3 is 2.88 bits per heavy atom. The summed E-state index contributed by atoms with van der Waals surface area (Å²) in [7, 11) is 0. The first kappa shape index (κ1) is 17.8. The fourth-order valence-corrected chi connectivity index (χ4v) is 4.72. The lowest BCUT2D eigenvalue weighted by Gasteiger charge is -2.32. The summed E-state index contributed by atoms with van der Waals surface area (Å²) >= 11 is 2.89. The number of hydrogen-bond acceptors (Lipinski definition) is 8. The zero-order valence-corrected chi connectivity index (χ0v) is 16.2. The van der Waals surface area contributed by atoms with Crippen LogP contribution in [0, 0.1) is 0 Å². The third-order valence-corrected chi connectivity index (χ3v) is 6.70. The number of furan rings is 1. The summed E-state index contributed by atoms with van der Waals surface area (Å²) in [6.07, 6.45) is 6.48. The van der Waals surface area contributed by atoms with Crippen molar-refractivity contribution in [3.63, 3.8) is 0 Å². The second-order valence-corrected chi connectivity index (χ2v) is 8.90. The van der Waals surface area contributed by atoms with Crippen molar-refractivity contribution in [1.29, 1.82) is 0 Å². The maximum atomic E-state index is 12.2. The largest absolute Gasteiger partial charge is 0.467 e. The molecule has 7 nitrogen and oxygen atoms in total. The van der Waals surface area contributed by atoms with E-state index in [-0.39, 0.29) is 5.91 Å². The van der Waals surface area contributed by atoms with Gasteiger partial charge in [0.25, 0.3) is 0 Å². The maximum Gasteiger partial charge on any atom is 0.230 e. The number of carbonyl (C=O) groups excluding carboxylic acids is 1. The number of amides is 1. The van der Waals surface area contributed by atoms with E-state index in [4.69, 9.17) is 4.42 Å². The van der Waals surface area contributed by atoms with E-state index in [1.54, 1.807) is 6.26 Å². The number of rotatable bonds is 8. The van der Waals surface area contributed by atoms with Gasteiger partial charge in [0.15, 0.2) is 4.34 Å². The predicted molar refractivity (Wildman–Crippen MR) is 102 cm³/mol. The van der Waals surface area contributed by atoms with Crippen LogP contribution in [0.1, 0.15) is 31.4 Å². The standard InChI is InChI=1S/C17H23N5O2S2/c23-15(19-12-5-7-22(8-6-12)13-3-4-13)11-25-17-21-20-16(26-17)18-10-14-2-1-9-24-14/h1-2,9,12-13H,3-8,10-11H2,(H,18,20)(H,19,23). The summed E-state index contributed by atoms with van der Waals surface area (Å²) in [5.41, 5.74) is 0. The minimum absolute atomic E-state index is 0.0835. The number of piperidine rings is 1. The minimum atomic E-state index is 0.0835.